The summed E-state index contributed by atoms with van der Waals surface area (Å²) in [5.74, 6) is 0. The van der Waals surface area contributed by atoms with E-state index in [0.717, 1.165) is 16.5 Å². The van der Waals surface area contributed by atoms with Crippen LogP contribution in [0.5, 0.6) is 0 Å². The molecule has 0 saturated heterocycles. The fraction of sp³-hybridized carbons (Fsp3) is 1.00. The van der Waals surface area contributed by atoms with Gasteiger partial charge in [0.25, 0.3) is 0 Å². The summed E-state index contributed by atoms with van der Waals surface area (Å²) < 4.78 is 437. The third kappa shape index (κ3) is 22.0. The molecule has 62 heavy (non-hydrogen) atoms. The predicted molar refractivity (Wildman–Crippen MR) is 133 cm³/mol. The van der Waals surface area contributed by atoms with Crippen LogP contribution in [0.2, 0.25) is 0 Å². The van der Waals surface area contributed by atoms with Crippen LogP contribution in [0.15, 0.2) is 0 Å². The minimum absolute atomic E-state index is 0. The van der Waals surface area contributed by atoms with E-state index in [1.54, 1.807) is 0 Å². The SMILES string of the molecule is O=S(=O)([N-]S(=O)(=O)C(F)(F)F)C(F)(F)F.O=S(=O)([N-]S(=O)(=O)C(F)(F)F)C(F)(F)F.O=S(=O)([N-]S(=O)(=O)C(F)(F)F)C(F)(F)F.O=S(=O)([N-]S(=O)(=O)C(F)(F)F)C(F)(F)F.[Zn+2].[Zn+2]. The quantitative estimate of drug-likeness (QED) is 0.242. The summed E-state index contributed by atoms with van der Waals surface area (Å²) in [5.41, 5.74) is -49.6. The van der Waals surface area contributed by atoms with Gasteiger partial charge in [0.2, 0.25) is 0 Å². The standard InChI is InChI=1S/4C2F6NO4S2.2Zn/c4*3-1(4,5)14(10,11)9-15(12,13)2(6,7)8;;/q4*-1;2*+2. The maximum absolute atomic E-state index is 11.4. The van der Waals surface area contributed by atoms with Crippen molar-refractivity contribution < 1.29 is 212 Å². The fourth-order valence-corrected chi connectivity index (χ4v) is 7.69. The van der Waals surface area contributed by atoms with Crippen LogP contribution in [-0.4, -0.2) is 111 Å². The number of hydrogen-bond acceptors (Lipinski definition) is 16. The molecule has 0 fully saturated rings. The molecular weight excluding hydrogens is 1250 g/mol. The Balaban J connectivity index is -0.000000167. The summed E-state index contributed by atoms with van der Waals surface area (Å²) in [4.78, 5) is 0. The Labute approximate surface area is 350 Å². The zero-order valence-electron chi connectivity index (χ0n) is 26.1. The summed E-state index contributed by atoms with van der Waals surface area (Å²) >= 11 is 0. The Bertz CT molecular complexity index is 1900. The van der Waals surface area contributed by atoms with Crippen molar-refractivity contribution in [2.45, 2.75) is 44.1 Å². The molecule has 0 rings (SSSR count). The van der Waals surface area contributed by atoms with E-state index in [4.69, 9.17) is 0 Å². The first-order valence-electron chi connectivity index (χ1n) is 10.3. The summed E-state index contributed by atoms with van der Waals surface area (Å²) in [6, 6.07) is 0. The molecule has 0 atom stereocenters. The van der Waals surface area contributed by atoms with Crippen molar-refractivity contribution in [2.75, 3.05) is 0 Å². The molecule has 0 aliphatic heterocycles. The minimum atomic E-state index is -6.72. The van der Waals surface area contributed by atoms with Gasteiger partial charge in [0.05, 0.1) is 0 Å². The van der Waals surface area contributed by atoms with Crippen molar-refractivity contribution in [1.29, 1.82) is 0 Å². The average Bonchev–Trinajstić information content (AvgIpc) is 2.82. The van der Waals surface area contributed by atoms with Crippen molar-refractivity contribution in [1.82, 2.24) is 0 Å². The zero-order valence-corrected chi connectivity index (χ0v) is 38.5. The van der Waals surface area contributed by atoms with Gasteiger partial charge in [-0.25, -0.2) is 67.3 Å². The van der Waals surface area contributed by atoms with Gasteiger partial charge in [-0.1, -0.05) is 0 Å². The molecule has 0 unspecified atom stereocenters. The van der Waals surface area contributed by atoms with Gasteiger partial charge >= 0.3 is 83.0 Å². The topological polar surface area (TPSA) is 330 Å². The Hall–Kier alpha value is -0.993. The van der Waals surface area contributed by atoms with Crippen LogP contribution in [0.1, 0.15) is 0 Å². The molecule has 368 valence electrons. The molecule has 0 aromatic carbocycles. The van der Waals surface area contributed by atoms with E-state index in [-0.39, 0.29) is 39.0 Å². The van der Waals surface area contributed by atoms with Crippen molar-refractivity contribution in [3.8, 4) is 0 Å². The zero-order chi connectivity index (χ0) is 50.8. The van der Waals surface area contributed by atoms with Gasteiger partial charge in [-0.3, -0.25) is 0 Å². The molecule has 54 heteroatoms. The molecule has 0 bridgehead atoms. The molecule has 0 aliphatic carbocycles. The van der Waals surface area contributed by atoms with Crippen LogP contribution in [0.4, 0.5) is 105 Å². The average molecular weight is 1250 g/mol. The monoisotopic (exact) mass is 1250 g/mol. The first-order chi connectivity index (χ1) is 24.8. The van der Waals surface area contributed by atoms with E-state index in [1.165, 1.54) is 0 Å². The van der Waals surface area contributed by atoms with Crippen molar-refractivity contribution in [2.24, 2.45) is 0 Å². The number of alkyl halides is 24. The number of hydrogen-bond donors (Lipinski definition) is 0. The van der Waals surface area contributed by atoms with Crippen LogP contribution in [0.25, 0.3) is 16.5 Å². The molecule has 20 nitrogen and oxygen atoms in total. The summed E-state index contributed by atoms with van der Waals surface area (Å²) in [5, 5.41) is 0. The van der Waals surface area contributed by atoms with Crippen molar-refractivity contribution >= 4 is 80.2 Å². The Morgan fingerprint density at radius 3 is 0.258 bits per heavy atom. The first-order valence-corrected chi connectivity index (χ1v) is 21.8. The maximum atomic E-state index is 11.4. The first kappa shape index (κ1) is 72.6. The molecule has 0 heterocycles. The number of halogens is 24. The fourth-order valence-electron chi connectivity index (χ4n) is 0.855. The van der Waals surface area contributed by atoms with Crippen LogP contribution in [0.3, 0.4) is 0 Å². The maximum Gasteiger partial charge on any atom is 2.00 e. The molecule has 0 saturated carbocycles. The van der Waals surface area contributed by atoms with Crippen molar-refractivity contribution in [3.63, 3.8) is 0 Å². The molecule has 0 aromatic heterocycles. The second-order valence-electron chi connectivity index (χ2n) is 7.66. The van der Waals surface area contributed by atoms with E-state index >= 15 is 0 Å². The van der Waals surface area contributed by atoms with Crippen molar-refractivity contribution in [3.05, 3.63) is 16.5 Å². The normalized spacial score (nSPS) is 14.8. The largest absolute Gasteiger partial charge is 2.00 e. The third-order valence-corrected chi connectivity index (χ3v) is 14.1. The Morgan fingerprint density at radius 1 is 0.177 bits per heavy atom. The molecule has 0 aliphatic rings. The molecule has 0 aromatic rings. The smallest absolute Gasteiger partial charge is 0.421 e. The Kier molecular flexibility index (Phi) is 25.0. The second kappa shape index (κ2) is 21.3. The Morgan fingerprint density at radius 2 is 0.226 bits per heavy atom. The van der Waals surface area contributed by atoms with Crippen LogP contribution >= 0.6 is 0 Å². The number of nitrogens with zero attached hydrogens (tertiary/aromatic N) is 4. The van der Waals surface area contributed by atoms with Gasteiger partial charge in [-0.15, -0.1) is 0 Å². The van der Waals surface area contributed by atoms with Gasteiger partial charge in [0.1, 0.15) is 0 Å². The summed E-state index contributed by atoms with van der Waals surface area (Å²) in [6.45, 7) is 0. The molecule has 0 radical (unpaired) electrons. The van der Waals surface area contributed by atoms with E-state index in [1.807, 2.05) is 0 Å². The van der Waals surface area contributed by atoms with E-state index in [0.29, 0.717) is 0 Å². The van der Waals surface area contributed by atoms with E-state index in [2.05, 4.69) is 0 Å². The predicted octanol–water partition coefficient (Wildman–Crippen LogP) is 4.23. The van der Waals surface area contributed by atoms with E-state index < -0.39 is 124 Å². The van der Waals surface area contributed by atoms with Crippen LogP contribution in [-0.2, 0) is 119 Å². The molecule has 0 N–H and O–H groups in total. The third-order valence-electron chi connectivity index (χ3n) is 3.12. The second-order valence-corrected chi connectivity index (χ2v) is 21.4. The van der Waals surface area contributed by atoms with Gasteiger partial charge < -0.3 is 16.5 Å². The molecule has 0 amide bonds. The minimum Gasteiger partial charge on any atom is -0.421 e. The van der Waals surface area contributed by atoms with Gasteiger partial charge in [-0.2, -0.15) is 105 Å². The number of sulfonamides is 8. The summed E-state index contributed by atoms with van der Waals surface area (Å²) in [7, 11) is -53.8. The van der Waals surface area contributed by atoms with Gasteiger partial charge in [0, 0.05) is 0 Å². The van der Waals surface area contributed by atoms with Gasteiger partial charge in [0.15, 0.2) is 80.2 Å². The number of rotatable bonds is 8. The molecule has 0 spiro atoms. The van der Waals surface area contributed by atoms with E-state index in [9.17, 15) is 173 Å². The van der Waals surface area contributed by atoms with Crippen LogP contribution in [0, 0.1) is 0 Å². The van der Waals surface area contributed by atoms with Gasteiger partial charge in [-0.05, 0) is 0 Å². The summed E-state index contributed by atoms with van der Waals surface area (Å²) in [6.07, 6.45) is 0. The van der Waals surface area contributed by atoms with Crippen LogP contribution < -0.4 is 0 Å². The molecular formula is C8F24N4O16S8Zn2.